The van der Waals surface area contributed by atoms with Crippen molar-refractivity contribution in [3.63, 3.8) is 0 Å². The first kappa shape index (κ1) is 55.9. The van der Waals surface area contributed by atoms with E-state index in [-0.39, 0.29) is 43.9 Å². The third-order valence-corrected chi connectivity index (χ3v) is 12.5. The highest BCUT2D eigenvalue weighted by atomic mass is 16.4. The largest absolute Gasteiger partial charge is 0.508 e. The van der Waals surface area contributed by atoms with E-state index in [2.05, 4.69) is 37.2 Å². The lowest BCUT2D eigenvalue weighted by molar-refractivity contribution is -0.145. The second-order valence-corrected chi connectivity index (χ2v) is 18.1. The van der Waals surface area contributed by atoms with Crippen molar-refractivity contribution in [1.82, 2.24) is 42.1 Å². The number of nitrogens with two attached hydrogens (primary N) is 2. The van der Waals surface area contributed by atoms with Crippen LogP contribution in [0.15, 0.2) is 24.3 Å². The molecule has 2 aliphatic rings. The summed E-state index contributed by atoms with van der Waals surface area (Å²) in [5.74, 6) is -6.83. The fourth-order valence-electron chi connectivity index (χ4n) is 8.16. The van der Waals surface area contributed by atoms with Gasteiger partial charge in [0, 0.05) is 13.0 Å². The minimum Gasteiger partial charge on any atom is -0.508 e. The number of nitrogens with one attached hydrogen (secondary N) is 7. The molecule has 2 saturated heterocycles. The summed E-state index contributed by atoms with van der Waals surface area (Å²) in [6, 6.07) is -3.05. The molecular weight excluding hydrogens is 869 g/mol. The number of aliphatic hydroxyl groups excluding tert-OH is 1. The summed E-state index contributed by atoms with van der Waals surface area (Å²) in [5, 5.41) is 49.4. The summed E-state index contributed by atoms with van der Waals surface area (Å²) in [5.41, 5.74) is 12.0. The number of aliphatic hydroxyl groups is 1. The van der Waals surface area contributed by atoms with Crippen LogP contribution in [0, 0.1) is 11.8 Å². The molecule has 1 aromatic rings. The van der Waals surface area contributed by atoms with Gasteiger partial charge < -0.3 is 68.9 Å². The van der Waals surface area contributed by atoms with Crippen molar-refractivity contribution in [3.8, 4) is 5.75 Å². The van der Waals surface area contributed by atoms with Crippen LogP contribution in [0.3, 0.4) is 0 Å². The average molecular weight is 945 g/mol. The van der Waals surface area contributed by atoms with E-state index in [1.54, 1.807) is 32.9 Å². The van der Waals surface area contributed by atoms with Crippen LogP contribution < -0.4 is 48.7 Å². The Bertz CT molecular complexity index is 1810. The number of nitrogens with zero attached hydrogens (tertiary/aromatic N) is 1. The monoisotopic (exact) mass is 945 g/mol. The number of carbonyl (C=O) groups excluding carboxylic acids is 7. The molecule has 2 fully saturated rings. The van der Waals surface area contributed by atoms with Crippen molar-refractivity contribution in [1.29, 1.82) is 0 Å². The van der Waals surface area contributed by atoms with Gasteiger partial charge in [0.1, 0.15) is 48.0 Å². The molecule has 10 atom stereocenters. The van der Waals surface area contributed by atoms with E-state index in [9.17, 15) is 53.7 Å². The quantitative estimate of drug-likeness (QED) is 0.0450. The second kappa shape index (κ2) is 28.1. The number of carboxylic acid groups (broad SMARTS) is 1. The first-order chi connectivity index (χ1) is 31.8. The number of aromatic hydroxyl groups is 1. The van der Waals surface area contributed by atoms with Crippen molar-refractivity contribution >= 4 is 47.3 Å². The van der Waals surface area contributed by atoms with E-state index in [0.29, 0.717) is 70.1 Å². The third-order valence-electron chi connectivity index (χ3n) is 12.5. The highest BCUT2D eigenvalue weighted by Crippen LogP contribution is 2.23. The number of benzene rings is 1. The van der Waals surface area contributed by atoms with E-state index in [4.69, 9.17) is 11.5 Å². The van der Waals surface area contributed by atoms with Crippen molar-refractivity contribution in [2.75, 3.05) is 26.2 Å². The highest BCUT2D eigenvalue weighted by Gasteiger charge is 2.42. The van der Waals surface area contributed by atoms with E-state index in [1.165, 1.54) is 24.0 Å². The number of phenols is 1. The lowest BCUT2D eigenvalue weighted by Gasteiger charge is -2.33. The third kappa shape index (κ3) is 17.3. The zero-order valence-electron chi connectivity index (χ0n) is 39.7. The number of likely N-dealkylation sites (tertiary alicyclic amines) is 1. The van der Waals surface area contributed by atoms with Crippen LogP contribution in [-0.2, 0) is 44.8 Å². The maximum absolute atomic E-state index is 14.3. The molecule has 7 amide bonds. The Morgan fingerprint density at radius 1 is 0.701 bits per heavy atom. The molecule has 0 saturated carbocycles. The lowest BCUT2D eigenvalue weighted by atomic mass is 9.95. The molecule has 14 N–H and O–H groups in total. The van der Waals surface area contributed by atoms with E-state index >= 15 is 0 Å². The predicted octanol–water partition coefficient (Wildman–Crippen LogP) is -0.988. The summed E-state index contributed by atoms with van der Waals surface area (Å²) < 4.78 is 0. The molecule has 0 unspecified atom stereocenters. The molecule has 3 rings (SSSR count). The predicted molar refractivity (Wildman–Crippen MR) is 249 cm³/mol. The molecule has 0 radical (unpaired) electrons. The van der Waals surface area contributed by atoms with Gasteiger partial charge in [0.25, 0.3) is 0 Å². The average Bonchev–Trinajstić information content (AvgIpc) is 4.02. The maximum Gasteiger partial charge on any atom is 0.326 e. The first-order valence-corrected chi connectivity index (χ1v) is 23.8. The molecule has 2 aliphatic heterocycles. The van der Waals surface area contributed by atoms with Gasteiger partial charge in [-0.15, -0.1) is 0 Å². The first-order valence-electron chi connectivity index (χ1n) is 23.8. The zero-order valence-corrected chi connectivity index (χ0v) is 39.7. The van der Waals surface area contributed by atoms with Gasteiger partial charge in [0.15, 0.2) is 0 Å². The molecular formula is C46H76N10O11. The molecule has 376 valence electrons. The molecule has 67 heavy (non-hydrogen) atoms. The van der Waals surface area contributed by atoms with Gasteiger partial charge >= 0.3 is 5.97 Å². The van der Waals surface area contributed by atoms with Crippen LogP contribution in [0.4, 0.5) is 0 Å². The van der Waals surface area contributed by atoms with Crippen LogP contribution in [0.2, 0.25) is 0 Å². The normalized spacial score (nSPS) is 19.4. The summed E-state index contributed by atoms with van der Waals surface area (Å²) in [6.45, 7) is 9.79. The molecule has 0 aliphatic carbocycles. The number of rotatable bonds is 28. The number of carboxylic acids is 1. The summed E-state index contributed by atoms with van der Waals surface area (Å²) in [6.07, 6.45) is 3.36. The van der Waals surface area contributed by atoms with Crippen LogP contribution in [0.5, 0.6) is 5.75 Å². The summed E-state index contributed by atoms with van der Waals surface area (Å²) in [7, 11) is 0. The standard InChI is InChI=1S/C46H76N10O11/c1-6-27(4)37(45(65)56-24-12-16-35(56)42(62)52-34(46(66)67)25-29-17-19-30(58)20-18-29)54-43(63)36(26(2)3)53-40(60)33(14-8-10-22-48)51-44(64)38(28(5)57)55-41(61)32(13-7-9-21-47)50-39(59)31-15-11-23-49-31/h17-20,26-28,31-38,49,57-58H,6-16,21-25,47-48H2,1-5H3,(H,50,59)(H,51,64)(H,52,62)(H,53,60)(H,54,63)(H,55,61)(H,66,67)/t27-,28+,31-,32-,33-,34-,35-,36-,37-,38-/m0/s1. The molecule has 0 aromatic heterocycles. The van der Waals surface area contributed by atoms with Crippen LogP contribution >= 0.6 is 0 Å². The van der Waals surface area contributed by atoms with Gasteiger partial charge in [-0.1, -0.05) is 46.2 Å². The summed E-state index contributed by atoms with van der Waals surface area (Å²) in [4.78, 5) is 110. The van der Waals surface area contributed by atoms with Gasteiger partial charge in [-0.25, -0.2) is 4.79 Å². The minimum atomic E-state index is -1.53. The van der Waals surface area contributed by atoms with Crippen molar-refractivity contribution in [3.05, 3.63) is 29.8 Å². The van der Waals surface area contributed by atoms with Crippen molar-refractivity contribution in [2.24, 2.45) is 23.3 Å². The molecule has 21 nitrogen and oxygen atoms in total. The highest BCUT2D eigenvalue weighted by molar-refractivity contribution is 5.98. The Labute approximate surface area is 393 Å². The Morgan fingerprint density at radius 3 is 1.78 bits per heavy atom. The number of hydrogen-bond acceptors (Lipinski definition) is 13. The number of unbranched alkanes of at least 4 members (excludes halogenated alkanes) is 2. The second-order valence-electron chi connectivity index (χ2n) is 18.1. The topological polar surface area (TPSA) is 337 Å². The van der Waals surface area contributed by atoms with Gasteiger partial charge in [0.2, 0.25) is 41.4 Å². The molecule has 0 bridgehead atoms. The Balaban J connectivity index is 1.77. The molecule has 2 heterocycles. The number of amides is 7. The Morgan fingerprint density at radius 2 is 1.25 bits per heavy atom. The van der Waals surface area contributed by atoms with E-state index < -0.39 is 108 Å². The van der Waals surface area contributed by atoms with E-state index in [0.717, 1.165) is 6.42 Å². The van der Waals surface area contributed by atoms with Crippen molar-refractivity contribution < 1.29 is 53.7 Å². The lowest BCUT2D eigenvalue weighted by Crippen LogP contribution is -2.62. The smallest absolute Gasteiger partial charge is 0.326 e. The van der Waals surface area contributed by atoms with Gasteiger partial charge in [-0.3, -0.25) is 33.6 Å². The number of hydrogen-bond donors (Lipinski definition) is 12. The Kier molecular flexibility index (Phi) is 23.4. The van der Waals surface area contributed by atoms with Crippen LogP contribution in [0.1, 0.15) is 111 Å². The number of phenolic OH excluding ortho intramolecular Hbond substituents is 1. The van der Waals surface area contributed by atoms with Gasteiger partial charge in [-0.05, 0) is 120 Å². The van der Waals surface area contributed by atoms with Crippen molar-refractivity contribution in [2.45, 2.75) is 166 Å². The maximum atomic E-state index is 14.3. The zero-order chi connectivity index (χ0) is 49.8. The Hall–Kier alpha value is -5.38. The van der Waals surface area contributed by atoms with Crippen LogP contribution in [0.25, 0.3) is 0 Å². The number of aliphatic carboxylic acids is 1. The molecule has 1 aromatic carbocycles. The number of carbonyl (C=O) groups is 8. The summed E-state index contributed by atoms with van der Waals surface area (Å²) >= 11 is 0. The van der Waals surface area contributed by atoms with Gasteiger partial charge in [0.05, 0.1) is 12.1 Å². The minimum absolute atomic E-state index is 0.00245. The molecule has 0 spiro atoms. The SMILES string of the molecule is CC[C@H](C)[C@H](NC(=O)[C@@H](NC(=O)[C@H](CCCCN)NC(=O)[C@@H](NC(=O)[C@H](CCCCN)NC(=O)[C@@H]1CCCN1)[C@@H](C)O)C(C)C)C(=O)N1CCC[C@H]1C(=O)N[C@@H](Cc1ccc(O)cc1)C(=O)O. The van der Waals surface area contributed by atoms with E-state index in [1.807, 2.05) is 6.92 Å². The fraction of sp³-hybridized carbons (Fsp3) is 0.696. The molecule has 21 heteroatoms. The fourth-order valence-corrected chi connectivity index (χ4v) is 8.16. The van der Waals surface area contributed by atoms with Gasteiger partial charge in [-0.2, -0.15) is 0 Å². The van der Waals surface area contributed by atoms with Crippen LogP contribution in [-0.4, -0.2) is 148 Å².